The van der Waals surface area contributed by atoms with E-state index in [1.165, 1.54) is 0 Å². The van der Waals surface area contributed by atoms with Crippen molar-refractivity contribution in [1.29, 1.82) is 0 Å². The molecule has 0 unspecified atom stereocenters. The molecule has 1 fully saturated rings. The lowest BCUT2D eigenvalue weighted by Crippen LogP contribution is -2.43. The third-order valence-electron chi connectivity index (χ3n) is 2.47. The fraction of sp³-hybridized carbons (Fsp3) is 0.889. The van der Waals surface area contributed by atoms with E-state index in [0.717, 1.165) is 19.4 Å². The van der Waals surface area contributed by atoms with Crippen molar-refractivity contribution < 1.29 is 9.53 Å². The number of ether oxygens (including phenoxy) is 1. The molecule has 0 aromatic carbocycles. The van der Waals surface area contributed by atoms with Crippen LogP contribution in [0.4, 0.5) is 0 Å². The highest BCUT2D eigenvalue weighted by Crippen LogP contribution is 2.20. The largest absolute Gasteiger partial charge is 0.368 e. The third kappa shape index (κ3) is 2.97. The zero-order chi connectivity index (χ0) is 9.84. The summed E-state index contributed by atoms with van der Waals surface area (Å²) in [6, 6.07) is 0.281. The molecule has 2 N–H and O–H groups in total. The summed E-state index contributed by atoms with van der Waals surface area (Å²) >= 11 is 0. The summed E-state index contributed by atoms with van der Waals surface area (Å²) in [5.41, 5.74) is 5.59. The summed E-state index contributed by atoms with van der Waals surface area (Å²) < 4.78 is 5.36. The first-order valence-electron chi connectivity index (χ1n) is 4.74. The van der Waals surface area contributed by atoms with Gasteiger partial charge >= 0.3 is 0 Å². The number of amides is 1. The molecule has 0 aromatic heterocycles. The van der Waals surface area contributed by atoms with Crippen LogP contribution in [-0.2, 0) is 9.53 Å². The topological polar surface area (TPSA) is 55.6 Å². The molecule has 0 radical (unpaired) electrons. The predicted octanol–water partition coefficient (Wildman–Crippen LogP) is -0.0290. The zero-order valence-corrected chi connectivity index (χ0v) is 8.32. The Morgan fingerprint density at radius 3 is 2.69 bits per heavy atom. The van der Waals surface area contributed by atoms with Crippen molar-refractivity contribution in [2.45, 2.75) is 31.9 Å². The van der Waals surface area contributed by atoms with Crippen LogP contribution in [-0.4, -0.2) is 43.2 Å². The van der Waals surface area contributed by atoms with Crippen molar-refractivity contribution in [3.63, 3.8) is 0 Å². The molecule has 4 nitrogen and oxygen atoms in total. The van der Waals surface area contributed by atoms with E-state index in [9.17, 15) is 4.79 Å². The lowest BCUT2D eigenvalue weighted by Gasteiger charge is -2.32. The third-order valence-corrected chi connectivity index (χ3v) is 2.47. The highest BCUT2D eigenvalue weighted by atomic mass is 16.5. The minimum atomic E-state index is 0.0444. The number of nitrogens with two attached hydrogens (primary N) is 1. The molecule has 0 saturated heterocycles. The van der Waals surface area contributed by atoms with Crippen LogP contribution in [0.2, 0.25) is 0 Å². The van der Waals surface area contributed by atoms with E-state index in [-0.39, 0.29) is 24.7 Å². The average Bonchev–Trinajstić information content (AvgIpc) is 2.08. The van der Waals surface area contributed by atoms with Crippen LogP contribution in [0.5, 0.6) is 0 Å². The van der Waals surface area contributed by atoms with Crippen molar-refractivity contribution in [3.05, 3.63) is 0 Å². The second kappa shape index (κ2) is 4.58. The van der Waals surface area contributed by atoms with Gasteiger partial charge in [0.1, 0.15) is 6.61 Å². The van der Waals surface area contributed by atoms with Crippen LogP contribution in [0.15, 0.2) is 0 Å². The summed E-state index contributed by atoms with van der Waals surface area (Å²) in [7, 11) is 1.78. The number of carbonyl (C=O) groups excluding carboxylic acids is 1. The smallest absolute Gasteiger partial charge is 0.248 e. The van der Waals surface area contributed by atoms with Gasteiger partial charge < -0.3 is 15.4 Å². The second-order valence-corrected chi connectivity index (χ2v) is 3.57. The average molecular weight is 186 g/mol. The number of carbonyl (C=O) groups is 1. The van der Waals surface area contributed by atoms with Gasteiger partial charge in [-0.3, -0.25) is 4.79 Å². The predicted molar refractivity (Wildman–Crippen MR) is 50.3 cm³/mol. The molecule has 0 aliphatic heterocycles. The first-order chi connectivity index (χ1) is 6.13. The van der Waals surface area contributed by atoms with Gasteiger partial charge in [0.25, 0.3) is 0 Å². The summed E-state index contributed by atoms with van der Waals surface area (Å²) in [6.45, 7) is 2.87. The van der Waals surface area contributed by atoms with Crippen LogP contribution >= 0.6 is 0 Å². The highest BCUT2D eigenvalue weighted by Gasteiger charge is 2.27. The Morgan fingerprint density at radius 2 is 2.23 bits per heavy atom. The fourth-order valence-corrected chi connectivity index (χ4v) is 1.22. The summed E-state index contributed by atoms with van der Waals surface area (Å²) in [5, 5.41) is 0. The molecule has 1 rings (SSSR count). The first kappa shape index (κ1) is 10.5. The molecular weight excluding hydrogens is 168 g/mol. The number of likely N-dealkylation sites (N-methyl/N-ethyl adjacent to an activating group) is 1. The summed E-state index contributed by atoms with van der Waals surface area (Å²) in [6.07, 6.45) is 2.00. The Bertz CT molecular complexity index is 178. The molecule has 0 heterocycles. The molecule has 1 aliphatic rings. The van der Waals surface area contributed by atoms with Gasteiger partial charge in [-0.2, -0.15) is 0 Å². The molecule has 0 bridgehead atoms. The molecular formula is C9H18N2O2. The van der Waals surface area contributed by atoms with Crippen molar-refractivity contribution in [2.24, 2.45) is 5.73 Å². The number of hydrogen-bond donors (Lipinski definition) is 1. The van der Waals surface area contributed by atoms with Crippen molar-refractivity contribution in [3.8, 4) is 0 Å². The molecule has 0 atom stereocenters. The molecule has 13 heavy (non-hydrogen) atoms. The second-order valence-electron chi connectivity index (χ2n) is 3.57. The Balaban J connectivity index is 2.09. The molecule has 4 heteroatoms. The van der Waals surface area contributed by atoms with Crippen LogP contribution in [0.25, 0.3) is 0 Å². The van der Waals surface area contributed by atoms with Crippen molar-refractivity contribution >= 4 is 5.91 Å². The molecule has 1 amide bonds. The van der Waals surface area contributed by atoms with E-state index in [0.29, 0.717) is 0 Å². The van der Waals surface area contributed by atoms with Gasteiger partial charge in [0.05, 0.1) is 6.10 Å². The van der Waals surface area contributed by atoms with E-state index in [4.69, 9.17) is 10.5 Å². The minimum absolute atomic E-state index is 0.0444. The van der Waals surface area contributed by atoms with Crippen LogP contribution in [0.3, 0.4) is 0 Å². The lowest BCUT2D eigenvalue weighted by molar-refractivity contribution is -0.138. The van der Waals surface area contributed by atoms with Gasteiger partial charge in [-0.1, -0.05) is 0 Å². The Labute approximate surface area is 79.0 Å². The monoisotopic (exact) mass is 186 g/mol. The molecule has 0 aromatic rings. The van der Waals surface area contributed by atoms with Crippen LogP contribution in [0.1, 0.15) is 19.8 Å². The minimum Gasteiger partial charge on any atom is -0.368 e. The van der Waals surface area contributed by atoms with Gasteiger partial charge in [0.2, 0.25) is 5.91 Å². The van der Waals surface area contributed by atoms with E-state index in [1.807, 2.05) is 6.92 Å². The highest BCUT2D eigenvalue weighted by molar-refractivity contribution is 5.77. The molecule has 1 aliphatic carbocycles. The number of hydrogen-bond acceptors (Lipinski definition) is 3. The maximum absolute atomic E-state index is 11.3. The lowest BCUT2D eigenvalue weighted by atomic mass is 9.90. The van der Waals surface area contributed by atoms with Gasteiger partial charge in [0, 0.05) is 19.6 Å². The number of nitrogens with zero attached hydrogens (tertiary/aromatic N) is 1. The normalized spacial score (nSPS) is 26.7. The van der Waals surface area contributed by atoms with E-state index >= 15 is 0 Å². The van der Waals surface area contributed by atoms with Gasteiger partial charge in [0.15, 0.2) is 0 Å². The van der Waals surface area contributed by atoms with Crippen LogP contribution in [0, 0.1) is 0 Å². The van der Waals surface area contributed by atoms with E-state index in [2.05, 4.69) is 0 Å². The molecule has 76 valence electrons. The van der Waals surface area contributed by atoms with Crippen molar-refractivity contribution in [1.82, 2.24) is 4.90 Å². The number of rotatable bonds is 4. The Kier molecular flexibility index (Phi) is 3.69. The fourth-order valence-electron chi connectivity index (χ4n) is 1.22. The van der Waals surface area contributed by atoms with Gasteiger partial charge in [-0.25, -0.2) is 0 Å². The quantitative estimate of drug-likeness (QED) is 0.671. The maximum atomic E-state index is 11.3. The molecule has 1 saturated carbocycles. The Morgan fingerprint density at radius 1 is 1.62 bits per heavy atom. The van der Waals surface area contributed by atoms with Gasteiger partial charge in [-0.05, 0) is 19.8 Å². The molecule has 0 spiro atoms. The van der Waals surface area contributed by atoms with Crippen LogP contribution < -0.4 is 5.73 Å². The van der Waals surface area contributed by atoms with Gasteiger partial charge in [-0.15, -0.1) is 0 Å². The zero-order valence-electron chi connectivity index (χ0n) is 8.32. The van der Waals surface area contributed by atoms with E-state index in [1.54, 1.807) is 11.9 Å². The summed E-state index contributed by atoms with van der Waals surface area (Å²) in [4.78, 5) is 12.9. The Hall–Kier alpha value is -0.610. The first-order valence-corrected chi connectivity index (χ1v) is 4.74. The van der Waals surface area contributed by atoms with E-state index < -0.39 is 0 Å². The van der Waals surface area contributed by atoms with Crippen molar-refractivity contribution in [2.75, 3.05) is 20.2 Å². The summed E-state index contributed by atoms with van der Waals surface area (Å²) in [5.74, 6) is 0.0444. The SMILES string of the molecule is CCN(C)C(=O)COC1CC(N)C1. The standard InChI is InChI=1S/C9H18N2O2/c1-3-11(2)9(12)6-13-8-4-7(10)5-8/h7-8H,3-6,10H2,1-2H3. The maximum Gasteiger partial charge on any atom is 0.248 e.